The predicted octanol–water partition coefficient (Wildman–Crippen LogP) is 2.48. The quantitative estimate of drug-likeness (QED) is 0.264. The lowest BCUT2D eigenvalue weighted by Crippen LogP contribution is -2.64. The smallest absolute Gasteiger partial charge is 0.290 e. The fourth-order valence-corrected chi connectivity index (χ4v) is 7.31. The number of hydrogen-bond acceptors (Lipinski definition) is 9. The largest absolute Gasteiger partial charge is 0.390 e. The summed E-state index contributed by atoms with van der Waals surface area (Å²) in [6.45, 7) is 9.33. The van der Waals surface area contributed by atoms with E-state index >= 15 is 0 Å². The van der Waals surface area contributed by atoms with E-state index in [9.17, 15) is 27.9 Å². The molecule has 2 fully saturated rings. The maximum Gasteiger partial charge on any atom is 0.290 e. The Morgan fingerprint density at radius 1 is 1.02 bits per heavy atom. The van der Waals surface area contributed by atoms with Crippen LogP contribution in [-0.2, 0) is 25.8 Å². The highest BCUT2D eigenvalue weighted by Crippen LogP contribution is 2.39. The first kappa shape index (κ1) is 36.5. The van der Waals surface area contributed by atoms with Gasteiger partial charge in [0.25, 0.3) is 5.91 Å². The van der Waals surface area contributed by atoms with Crippen LogP contribution in [0.15, 0.2) is 47.1 Å². The van der Waals surface area contributed by atoms with Crippen molar-refractivity contribution in [3.8, 4) is 0 Å². The van der Waals surface area contributed by atoms with Crippen LogP contribution in [0.1, 0.15) is 82.8 Å². The average molecular weight is 674 g/mol. The zero-order valence-corrected chi connectivity index (χ0v) is 29.2. The Morgan fingerprint density at radius 3 is 2.28 bits per heavy atom. The Kier molecular flexibility index (Phi) is 11.6. The van der Waals surface area contributed by atoms with Crippen LogP contribution in [-0.4, -0.2) is 95.2 Å². The maximum atomic E-state index is 14.0. The van der Waals surface area contributed by atoms with Gasteiger partial charge in [-0.3, -0.25) is 19.3 Å². The van der Waals surface area contributed by atoms with E-state index in [4.69, 9.17) is 4.52 Å². The topological polar surface area (TPSA) is 171 Å². The summed E-state index contributed by atoms with van der Waals surface area (Å²) in [7, 11) is -3.88. The van der Waals surface area contributed by atoms with Gasteiger partial charge in [-0.15, -0.1) is 0 Å². The molecule has 1 aliphatic heterocycles. The number of rotatable bonds is 12. The summed E-state index contributed by atoms with van der Waals surface area (Å²) < 4.78 is 29.0. The minimum Gasteiger partial charge on any atom is -0.390 e. The minimum absolute atomic E-state index is 0.0811. The number of aliphatic hydroxyl groups excluding tert-OH is 1. The van der Waals surface area contributed by atoms with Gasteiger partial charge in [0.2, 0.25) is 17.6 Å². The molecule has 1 aromatic heterocycles. The Hall–Kier alpha value is -3.29. The van der Waals surface area contributed by atoms with Crippen molar-refractivity contribution < 1.29 is 32.4 Å². The summed E-state index contributed by atoms with van der Waals surface area (Å²) in [6, 6.07) is 7.79. The van der Waals surface area contributed by atoms with Crippen LogP contribution < -0.4 is 16.0 Å². The van der Waals surface area contributed by atoms with Gasteiger partial charge in [0.15, 0.2) is 9.84 Å². The Labute approximate surface area is 278 Å². The first-order valence-electron chi connectivity index (χ1n) is 16.5. The first-order chi connectivity index (χ1) is 22.0. The number of β-amino-alcohol motifs (C(OH)–C–C–N with tert-alkyl or cyclic N) is 1. The Balaban J connectivity index is 1.62. The third kappa shape index (κ3) is 9.41. The first-order valence-corrected chi connectivity index (χ1v) is 18.3. The summed E-state index contributed by atoms with van der Waals surface area (Å²) in [5, 5.41) is 23.9. The molecule has 260 valence electrons. The van der Waals surface area contributed by atoms with Gasteiger partial charge in [-0.05, 0) is 71.3 Å². The van der Waals surface area contributed by atoms with Crippen LogP contribution in [0.3, 0.4) is 0 Å². The van der Waals surface area contributed by atoms with E-state index in [-0.39, 0.29) is 24.6 Å². The molecular weight excluding hydrogens is 622 g/mol. The van der Waals surface area contributed by atoms with Gasteiger partial charge >= 0.3 is 0 Å². The Bertz CT molecular complexity index is 1470. The van der Waals surface area contributed by atoms with Gasteiger partial charge in [-0.1, -0.05) is 54.8 Å². The van der Waals surface area contributed by atoms with Crippen LogP contribution in [0.2, 0.25) is 0 Å². The molecule has 1 saturated heterocycles. The molecule has 47 heavy (non-hydrogen) atoms. The number of fused-ring (bicyclic) bond motifs is 1. The van der Waals surface area contributed by atoms with Crippen molar-refractivity contribution in [2.75, 3.05) is 19.3 Å². The lowest BCUT2D eigenvalue weighted by Gasteiger charge is -2.47. The second-order valence-corrected chi connectivity index (χ2v) is 17.4. The number of benzene rings is 1. The summed E-state index contributed by atoms with van der Waals surface area (Å²) in [5.41, 5.74) is 0.418. The highest BCUT2D eigenvalue weighted by atomic mass is 32.2. The zero-order valence-electron chi connectivity index (χ0n) is 28.4. The van der Waals surface area contributed by atoms with Crippen molar-refractivity contribution >= 4 is 27.6 Å². The number of hydrogen-bond donors (Lipinski definition) is 4. The minimum atomic E-state index is -3.88. The van der Waals surface area contributed by atoms with Crippen LogP contribution in [0.5, 0.6) is 0 Å². The highest BCUT2D eigenvalue weighted by Gasteiger charge is 2.46. The second kappa shape index (κ2) is 14.9. The SMILES string of the molecule is CC(C)(C)NC(=O)[C@@H]1C[C@@H]2CCCC[C@@H]2CN1C[C@@H](O)[C@H](Cc1ccccc1)NC(=O)[C@@H](NC(=O)c1ccno1)C(C)(C)S(C)(=O)=O. The number of carbonyl (C=O) groups excluding carboxylic acids is 3. The van der Waals surface area contributed by atoms with Gasteiger partial charge in [0.05, 0.1) is 29.1 Å². The number of nitrogens with zero attached hydrogens (tertiary/aromatic N) is 2. The fraction of sp³-hybridized carbons (Fsp3) is 0.647. The number of nitrogens with one attached hydrogen (secondary N) is 3. The normalized spacial score (nSPS) is 22.7. The van der Waals surface area contributed by atoms with Crippen molar-refractivity contribution in [1.29, 1.82) is 0 Å². The third-order valence-corrected chi connectivity index (χ3v) is 11.8. The molecule has 0 unspecified atom stereocenters. The maximum absolute atomic E-state index is 14.0. The molecule has 4 rings (SSSR count). The van der Waals surface area contributed by atoms with E-state index in [1.165, 1.54) is 26.1 Å². The van der Waals surface area contributed by atoms with E-state index in [1.54, 1.807) is 0 Å². The van der Waals surface area contributed by atoms with E-state index in [0.717, 1.165) is 37.5 Å². The summed E-state index contributed by atoms with van der Waals surface area (Å²) in [6.07, 6.45) is 6.52. The molecule has 2 heterocycles. The Morgan fingerprint density at radius 2 is 1.68 bits per heavy atom. The lowest BCUT2D eigenvalue weighted by atomic mass is 9.72. The second-order valence-electron chi connectivity index (χ2n) is 14.8. The number of piperidine rings is 1. The van der Waals surface area contributed by atoms with Crippen molar-refractivity contribution in [2.45, 2.75) is 108 Å². The van der Waals surface area contributed by atoms with Crippen LogP contribution >= 0.6 is 0 Å². The predicted molar refractivity (Wildman–Crippen MR) is 178 cm³/mol. The van der Waals surface area contributed by atoms with Gasteiger partial charge in [0.1, 0.15) is 6.04 Å². The van der Waals surface area contributed by atoms with Crippen molar-refractivity contribution in [1.82, 2.24) is 26.0 Å². The molecule has 2 aliphatic rings. The number of amides is 3. The molecule has 12 nitrogen and oxygen atoms in total. The lowest BCUT2D eigenvalue weighted by molar-refractivity contribution is -0.133. The van der Waals surface area contributed by atoms with Crippen molar-refractivity contribution in [3.05, 3.63) is 53.9 Å². The van der Waals surface area contributed by atoms with E-state index in [0.29, 0.717) is 24.8 Å². The number of aliphatic hydroxyl groups is 1. The summed E-state index contributed by atoms with van der Waals surface area (Å²) >= 11 is 0. The third-order valence-electron chi connectivity index (χ3n) is 9.67. The van der Waals surface area contributed by atoms with Gasteiger partial charge in [-0.25, -0.2) is 8.42 Å². The molecule has 4 N–H and O–H groups in total. The van der Waals surface area contributed by atoms with Gasteiger partial charge in [-0.2, -0.15) is 0 Å². The summed E-state index contributed by atoms with van der Waals surface area (Å²) in [4.78, 5) is 42.6. The van der Waals surface area contributed by atoms with Crippen LogP contribution in [0.4, 0.5) is 0 Å². The molecular formula is C34H51N5O7S. The molecule has 1 aromatic carbocycles. The standard InChI is InChI=1S/C34H51N5O7S/c1-33(2,3)38-30(41)26-19-23-14-10-11-15-24(23)20-39(26)21-27(40)25(18-22-12-8-7-9-13-22)36-32(43)29(34(4,5)47(6,44)45)37-31(42)28-16-17-35-46-28/h7-9,12-13,16-17,23-27,29,40H,10-11,14-15,18-21H2,1-6H3,(H,36,43)(H,37,42)(H,38,41)/t23-,24+,25-,26-,27+,29+/m0/s1. The molecule has 3 amide bonds. The van der Waals surface area contributed by atoms with Crippen LogP contribution in [0, 0.1) is 11.8 Å². The van der Waals surface area contributed by atoms with Gasteiger partial charge < -0.3 is 25.6 Å². The molecule has 0 spiro atoms. The molecule has 2 aromatic rings. The fourth-order valence-electron chi connectivity index (χ4n) is 6.72. The molecule has 0 radical (unpaired) electrons. The number of likely N-dealkylation sites (tertiary alicyclic amines) is 1. The van der Waals surface area contributed by atoms with E-state index in [1.807, 2.05) is 56.0 Å². The van der Waals surface area contributed by atoms with Crippen molar-refractivity contribution in [3.63, 3.8) is 0 Å². The molecule has 1 aliphatic carbocycles. The summed E-state index contributed by atoms with van der Waals surface area (Å²) in [5.74, 6) is -0.979. The van der Waals surface area contributed by atoms with Gasteiger partial charge in [0, 0.05) is 31.0 Å². The number of aromatic nitrogens is 1. The number of sulfone groups is 1. The molecule has 6 atom stereocenters. The average Bonchev–Trinajstić information content (AvgIpc) is 3.53. The number of carbonyl (C=O) groups is 3. The molecule has 1 saturated carbocycles. The van der Waals surface area contributed by atoms with Crippen LogP contribution in [0.25, 0.3) is 0 Å². The molecule has 13 heteroatoms. The van der Waals surface area contributed by atoms with E-state index < -0.39 is 56.2 Å². The zero-order chi connectivity index (χ0) is 34.6. The van der Waals surface area contributed by atoms with Crippen molar-refractivity contribution in [2.24, 2.45) is 11.8 Å². The molecule has 0 bridgehead atoms. The monoisotopic (exact) mass is 673 g/mol. The van der Waals surface area contributed by atoms with E-state index in [2.05, 4.69) is 21.1 Å². The highest BCUT2D eigenvalue weighted by molar-refractivity contribution is 7.92.